The zero-order valence-electron chi connectivity index (χ0n) is 15.5. The van der Waals surface area contributed by atoms with Crippen LogP contribution in [0.1, 0.15) is 33.9 Å². The Labute approximate surface area is 173 Å². The van der Waals surface area contributed by atoms with Crippen LogP contribution in [0.25, 0.3) is 0 Å². The maximum absolute atomic E-state index is 13.1. The number of hydrogen-bond donors (Lipinski definition) is 0. The fourth-order valence-corrected chi connectivity index (χ4v) is 4.35. The zero-order chi connectivity index (χ0) is 19.3. The molecule has 1 amide bonds. The smallest absolute Gasteiger partial charge is 0.264 e. The van der Waals surface area contributed by atoms with Gasteiger partial charge < -0.3 is 14.2 Å². The molecule has 0 N–H and O–H groups in total. The molecule has 1 aliphatic heterocycles. The first kappa shape index (κ1) is 19.2. The summed E-state index contributed by atoms with van der Waals surface area (Å²) in [6.45, 7) is 2.47. The van der Waals surface area contributed by atoms with E-state index in [4.69, 9.17) is 16.3 Å². The van der Waals surface area contributed by atoms with E-state index in [2.05, 4.69) is 9.55 Å². The highest BCUT2D eigenvalue weighted by Gasteiger charge is 2.25. The van der Waals surface area contributed by atoms with Crippen molar-refractivity contribution in [1.29, 1.82) is 0 Å². The molecule has 2 aromatic heterocycles. The van der Waals surface area contributed by atoms with Crippen LogP contribution in [-0.4, -0.2) is 39.6 Å². The molecule has 1 fully saturated rings. The Balaban J connectivity index is 1.53. The first-order chi connectivity index (χ1) is 13.7. The largest absolute Gasteiger partial charge is 0.376 e. The van der Waals surface area contributed by atoms with E-state index in [1.807, 2.05) is 52.9 Å². The van der Waals surface area contributed by atoms with E-state index in [1.54, 1.807) is 6.20 Å². The van der Waals surface area contributed by atoms with Gasteiger partial charge in [-0.05, 0) is 42.0 Å². The van der Waals surface area contributed by atoms with Gasteiger partial charge in [0.25, 0.3) is 5.91 Å². The van der Waals surface area contributed by atoms with Crippen LogP contribution in [0.3, 0.4) is 0 Å². The number of amides is 1. The number of thiophene rings is 1. The third kappa shape index (κ3) is 4.63. The molecule has 1 atom stereocenters. The molecule has 0 unspecified atom stereocenters. The topological polar surface area (TPSA) is 47.4 Å². The van der Waals surface area contributed by atoms with Gasteiger partial charge in [-0.1, -0.05) is 29.8 Å². The standard InChI is InChI=1S/C21H22ClN3O2S/c22-17-5-1-4-16(12-17)13-24-9-8-23-20(24)15-25(14-18-6-2-10-27-18)21(26)19-7-3-11-28-19/h1,3-5,7-9,11-12,18H,2,6,10,13-15H2/t18-/m0/s1. The van der Waals surface area contributed by atoms with Gasteiger partial charge in [-0.2, -0.15) is 0 Å². The van der Waals surface area contributed by atoms with Crippen LogP contribution < -0.4 is 0 Å². The minimum absolute atomic E-state index is 0.0304. The van der Waals surface area contributed by atoms with Gasteiger partial charge in [0.1, 0.15) is 5.82 Å². The van der Waals surface area contributed by atoms with E-state index in [1.165, 1.54) is 11.3 Å². The summed E-state index contributed by atoms with van der Waals surface area (Å²) < 4.78 is 7.84. The summed E-state index contributed by atoms with van der Waals surface area (Å²) in [6, 6.07) is 11.6. The molecule has 1 aromatic carbocycles. The van der Waals surface area contributed by atoms with Gasteiger partial charge in [0.15, 0.2) is 0 Å². The monoisotopic (exact) mass is 415 g/mol. The molecule has 7 heteroatoms. The zero-order valence-corrected chi connectivity index (χ0v) is 17.0. The lowest BCUT2D eigenvalue weighted by Gasteiger charge is -2.25. The average Bonchev–Trinajstić information content (AvgIpc) is 3.45. The SMILES string of the molecule is O=C(c1cccs1)N(Cc1nccn1Cc1cccc(Cl)c1)C[C@@H]1CCCO1. The number of rotatable bonds is 7. The van der Waals surface area contributed by atoms with Crippen LogP contribution in [0, 0.1) is 0 Å². The van der Waals surface area contributed by atoms with Crippen molar-refractivity contribution in [3.8, 4) is 0 Å². The summed E-state index contributed by atoms with van der Waals surface area (Å²) in [6.07, 6.45) is 5.86. The van der Waals surface area contributed by atoms with Crippen LogP contribution in [0.4, 0.5) is 0 Å². The highest BCUT2D eigenvalue weighted by Crippen LogP contribution is 2.20. The lowest BCUT2D eigenvalue weighted by Crippen LogP contribution is -2.37. The first-order valence-corrected chi connectivity index (χ1v) is 10.6. The van der Waals surface area contributed by atoms with Crippen molar-refractivity contribution in [3.63, 3.8) is 0 Å². The Bertz CT molecular complexity index is 919. The number of aromatic nitrogens is 2. The average molecular weight is 416 g/mol. The minimum Gasteiger partial charge on any atom is -0.376 e. The van der Waals surface area contributed by atoms with E-state index < -0.39 is 0 Å². The van der Waals surface area contributed by atoms with Crippen molar-refractivity contribution < 1.29 is 9.53 Å². The van der Waals surface area contributed by atoms with Gasteiger partial charge in [0.05, 0.1) is 17.5 Å². The Morgan fingerprint density at radius 2 is 2.29 bits per heavy atom. The Morgan fingerprint density at radius 3 is 3.04 bits per heavy atom. The molecule has 0 saturated carbocycles. The molecule has 0 bridgehead atoms. The highest BCUT2D eigenvalue weighted by atomic mass is 35.5. The predicted octanol–water partition coefficient (Wildman–Crippen LogP) is 4.47. The summed E-state index contributed by atoms with van der Waals surface area (Å²) in [5.74, 6) is 0.880. The van der Waals surface area contributed by atoms with Crippen LogP contribution in [0.2, 0.25) is 5.02 Å². The van der Waals surface area contributed by atoms with Crippen molar-refractivity contribution in [1.82, 2.24) is 14.5 Å². The van der Waals surface area contributed by atoms with Crippen LogP contribution >= 0.6 is 22.9 Å². The van der Waals surface area contributed by atoms with Crippen molar-refractivity contribution in [2.45, 2.75) is 32.0 Å². The predicted molar refractivity (Wildman–Crippen MR) is 111 cm³/mol. The lowest BCUT2D eigenvalue weighted by molar-refractivity contribution is 0.0502. The molecule has 0 spiro atoms. The van der Waals surface area contributed by atoms with Gasteiger partial charge in [0.2, 0.25) is 0 Å². The van der Waals surface area contributed by atoms with Crippen molar-refractivity contribution >= 4 is 28.8 Å². The molecule has 1 saturated heterocycles. The van der Waals surface area contributed by atoms with Gasteiger partial charge in [-0.15, -0.1) is 11.3 Å². The molecular weight excluding hydrogens is 394 g/mol. The first-order valence-electron chi connectivity index (χ1n) is 9.38. The van der Waals surface area contributed by atoms with E-state index in [-0.39, 0.29) is 12.0 Å². The second-order valence-corrected chi connectivity index (χ2v) is 8.28. The number of imidazole rings is 1. The summed E-state index contributed by atoms with van der Waals surface area (Å²) in [5.41, 5.74) is 1.10. The minimum atomic E-state index is 0.0304. The maximum atomic E-state index is 13.1. The number of benzene rings is 1. The number of carbonyl (C=O) groups excluding carboxylic acids is 1. The van der Waals surface area contributed by atoms with Gasteiger partial charge in [0, 0.05) is 37.1 Å². The Hall–Kier alpha value is -2.15. The Kier molecular flexibility index (Phi) is 6.10. The van der Waals surface area contributed by atoms with E-state index in [0.717, 1.165) is 35.7 Å². The number of nitrogens with zero attached hydrogens (tertiary/aromatic N) is 3. The summed E-state index contributed by atoms with van der Waals surface area (Å²) in [7, 11) is 0. The van der Waals surface area contributed by atoms with E-state index >= 15 is 0 Å². The second kappa shape index (κ2) is 8.90. The van der Waals surface area contributed by atoms with Crippen molar-refractivity contribution in [3.05, 3.63) is 75.5 Å². The highest BCUT2D eigenvalue weighted by molar-refractivity contribution is 7.12. The van der Waals surface area contributed by atoms with Gasteiger partial charge in [-0.3, -0.25) is 4.79 Å². The fraction of sp³-hybridized carbons (Fsp3) is 0.333. The van der Waals surface area contributed by atoms with Gasteiger partial charge >= 0.3 is 0 Å². The molecule has 4 rings (SSSR count). The van der Waals surface area contributed by atoms with Crippen LogP contribution in [-0.2, 0) is 17.8 Å². The lowest BCUT2D eigenvalue weighted by atomic mass is 10.2. The second-order valence-electron chi connectivity index (χ2n) is 6.90. The molecule has 1 aliphatic rings. The van der Waals surface area contributed by atoms with Gasteiger partial charge in [-0.25, -0.2) is 4.98 Å². The third-order valence-corrected chi connectivity index (χ3v) is 5.94. The molecule has 5 nitrogen and oxygen atoms in total. The number of ether oxygens (including phenoxy) is 1. The number of hydrogen-bond acceptors (Lipinski definition) is 4. The summed E-state index contributed by atoms with van der Waals surface area (Å²) in [4.78, 5) is 20.2. The van der Waals surface area contributed by atoms with Crippen LogP contribution in [0.15, 0.2) is 54.2 Å². The van der Waals surface area contributed by atoms with Crippen LogP contribution in [0.5, 0.6) is 0 Å². The summed E-state index contributed by atoms with van der Waals surface area (Å²) in [5, 5.41) is 2.64. The fourth-order valence-electron chi connectivity index (χ4n) is 3.45. The maximum Gasteiger partial charge on any atom is 0.264 e. The van der Waals surface area contributed by atoms with Crippen molar-refractivity contribution in [2.24, 2.45) is 0 Å². The van der Waals surface area contributed by atoms with E-state index in [9.17, 15) is 4.79 Å². The Morgan fingerprint density at radius 1 is 1.36 bits per heavy atom. The molecule has 3 aromatic rings. The third-order valence-electron chi connectivity index (χ3n) is 4.84. The summed E-state index contributed by atoms with van der Waals surface area (Å²) >= 11 is 7.58. The molecule has 0 aliphatic carbocycles. The number of carbonyl (C=O) groups is 1. The molecule has 0 radical (unpaired) electrons. The van der Waals surface area contributed by atoms with E-state index in [0.29, 0.717) is 24.7 Å². The normalized spacial score (nSPS) is 16.4. The molecular formula is C21H22ClN3O2S. The van der Waals surface area contributed by atoms with Crippen molar-refractivity contribution in [2.75, 3.05) is 13.2 Å². The number of halogens is 1. The quantitative estimate of drug-likeness (QED) is 0.572. The molecule has 28 heavy (non-hydrogen) atoms. The molecule has 3 heterocycles. The molecule has 146 valence electrons.